The Morgan fingerprint density at radius 1 is 1.26 bits per heavy atom. The highest BCUT2D eigenvalue weighted by Gasteiger charge is 2.22. The first kappa shape index (κ1) is 12.5. The Morgan fingerprint density at radius 3 is 2.79 bits per heavy atom. The van der Waals surface area contributed by atoms with Crippen LogP contribution in [0.2, 0.25) is 0 Å². The summed E-state index contributed by atoms with van der Waals surface area (Å²) in [6.45, 7) is 0.742. The molecule has 1 aliphatic rings. The van der Waals surface area contributed by atoms with Crippen LogP contribution < -0.4 is 5.73 Å². The number of para-hydroxylation sites is 1. The van der Waals surface area contributed by atoms with Crippen molar-refractivity contribution in [1.82, 2.24) is 9.55 Å². The van der Waals surface area contributed by atoms with Gasteiger partial charge in [0.1, 0.15) is 11.3 Å². The van der Waals surface area contributed by atoms with E-state index in [0.29, 0.717) is 12.5 Å². The number of rotatable bonds is 3. The summed E-state index contributed by atoms with van der Waals surface area (Å²) in [6.07, 6.45) is 6.30. The molecule has 3 N–H and O–H groups in total. The average Bonchev–Trinajstić information content (AvgIpc) is 2.81. The first-order chi connectivity index (χ1) is 9.31. The number of aromatic nitrogens is 2. The molecule has 0 aliphatic heterocycles. The zero-order valence-corrected chi connectivity index (χ0v) is 11.2. The second-order valence-corrected chi connectivity index (χ2v) is 5.40. The van der Waals surface area contributed by atoms with Gasteiger partial charge in [0.15, 0.2) is 0 Å². The predicted molar refractivity (Wildman–Crippen MR) is 77.1 cm³/mol. The Morgan fingerprint density at radius 2 is 2.05 bits per heavy atom. The summed E-state index contributed by atoms with van der Waals surface area (Å²) in [5, 5.41) is 9.31. The average molecular weight is 259 g/mol. The summed E-state index contributed by atoms with van der Waals surface area (Å²) in [6, 6.07) is 5.89. The lowest BCUT2D eigenvalue weighted by atomic mass is 9.88. The molecule has 0 amide bonds. The van der Waals surface area contributed by atoms with E-state index in [1.54, 1.807) is 0 Å². The molecule has 1 fully saturated rings. The van der Waals surface area contributed by atoms with Gasteiger partial charge in [-0.25, -0.2) is 4.98 Å². The van der Waals surface area contributed by atoms with Crippen LogP contribution in [0, 0.1) is 0 Å². The molecule has 4 nitrogen and oxygen atoms in total. The quantitative estimate of drug-likeness (QED) is 0.833. The second-order valence-electron chi connectivity index (χ2n) is 5.40. The van der Waals surface area contributed by atoms with Crippen LogP contribution in [0.3, 0.4) is 0 Å². The molecular formula is C15H21N3O. The van der Waals surface area contributed by atoms with Gasteiger partial charge >= 0.3 is 0 Å². The van der Waals surface area contributed by atoms with Crippen molar-refractivity contribution in [3.8, 4) is 0 Å². The van der Waals surface area contributed by atoms with E-state index in [2.05, 4.69) is 4.57 Å². The minimum absolute atomic E-state index is 0.139. The van der Waals surface area contributed by atoms with Crippen molar-refractivity contribution < 1.29 is 5.11 Å². The maximum absolute atomic E-state index is 9.31. The van der Waals surface area contributed by atoms with Crippen LogP contribution in [0.15, 0.2) is 18.2 Å². The highest BCUT2D eigenvalue weighted by molar-refractivity contribution is 5.87. The monoisotopic (exact) mass is 259 g/mol. The lowest BCUT2D eigenvalue weighted by molar-refractivity contribution is 0.273. The third kappa shape index (κ3) is 2.21. The summed E-state index contributed by atoms with van der Waals surface area (Å²) in [4.78, 5) is 4.78. The number of nitrogens with zero attached hydrogens (tertiary/aromatic N) is 2. The molecule has 3 rings (SSSR count). The summed E-state index contributed by atoms with van der Waals surface area (Å²) in [5.74, 6) is 1.63. The van der Waals surface area contributed by atoms with Crippen molar-refractivity contribution in [2.75, 3.05) is 12.3 Å². The van der Waals surface area contributed by atoms with E-state index in [9.17, 15) is 5.11 Å². The third-order valence-corrected chi connectivity index (χ3v) is 4.13. The van der Waals surface area contributed by atoms with E-state index in [1.165, 1.54) is 32.1 Å². The number of nitrogens with two attached hydrogens (primary N) is 1. The maximum Gasteiger partial charge on any atom is 0.113 e. The van der Waals surface area contributed by atoms with Crippen LogP contribution in [-0.4, -0.2) is 21.3 Å². The van der Waals surface area contributed by atoms with E-state index < -0.39 is 0 Å². The van der Waals surface area contributed by atoms with Crippen molar-refractivity contribution in [2.45, 2.75) is 44.6 Å². The van der Waals surface area contributed by atoms with Crippen LogP contribution >= 0.6 is 0 Å². The van der Waals surface area contributed by atoms with Gasteiger partial charge in [0.2, 0.25) is 0 Å². The first-order valence-electron chi connectivity index (χ1n) is 7.16. The highest BCUT2D eigenvalue weighted by atomic mass is 16.3. The number of benzene rings is 1. The lowest BCUT2D eigenvalue weighted by Crippen LogP contribution is -2.13. The number of hydrogen-bond acceptors (Lipinski definition) is 3. The van der Waals surface area contributed by atoms with E-state index in [-0.39, 0.29) is 6.61 Å². The fraction of sp³-hybridized carbons (Fsp3) is 0.533. The summed E-state index contributed by atoms with van der Waals surface area (Å²) in [7, 11) is 0. The van der Waals surface area contributed by atoms with Gasteiger partial charge in [0.25, 0.3) is 0 Å². The van der Waals surface area contributed by atoms with Crippen LogP contribution in [0.4, 0.5) is 5.69 Å². The SMILES string of the molecule is Nc1cccc2c1nc(C1CCCCC1)n2CCO. The summed E-state index contributed by atoms with van der Waals surface area (Å²) >= 11 is 0. The zero-order valence-electron chi connectivity index (χ0n) is 11.2. The Balaban J connectivity index is 2.11. The number of imidazole rings is 1. The minimum atomic E-state index is 0.139. The van der Waals surface area contributed by atoms with Gasteiger partial charge in [0, 0.05) is 12.5 Å². The molecule has 102 valence electrons. The van der Waals surface area contributed by atoms with Crippen molar-refractivity contribution >= 4 is 16.7 Å². The number of hydrogen-bond donors (Lipinski definition) is 2. The molecule has 1 saturated carbocycles. The van der Waals surface area contributed by atoms with Crippen molar-refractivity contribution in [1.29, 1.82) is 0 Å². The molecule has 0 atom stereocenters. The molecule has 2 aromatic rings. The van der Waals surface area contributed by atoms with Gasteiger partial charge in [0.05, 0.1) is 17.8 Å². The van der Waals surface area contributed by atoms with Gasteiger partial charge in [-0.2, -0.15) is 0 Å². The Kier molecular flexibility index (Phi) is 3.42. The third-order valence-electron chi connectivity index (χ3n) is 4.13. The second kappa shape index (κ2) is 5.21. The predicted octanol–water partition coefficient (Wildman–Crippen LogP) is 2.66. The van der Waals surface area contributed by atoms with Gasteiger partial charge in [-0.05, 0) is 25.0 Å². The molecule has 0 radical (unpaired) electrons. The summed E-state index contributed by atoms with van der Waals surface area (Å²) < 4.78 is 2.15. The smallest absolute Gasteiger partial charge is 0.113 e. The molecule has 0 spiro atoms. The fourth-order valence-corrected chi connectivity index (χ4v) is 3.19. The number of aliphatic hydroxyl groups is 1. The topological polar surface area (TPSA) is 64.1 Å². The molecule has 4 heteroatoms. The molecule has 1 heterocycles. The maximum atomic E-state index is 9.31. The minimum Gasteiger partial charge on any atom is -0.397 e. The lowest BCUT2D eigenvalue weighted by Gasteiger charge is -2.22. The Labute approximate surface area is 113 Å². The van der Waals surface area contributed by atoms with Gasteiger partial charge in [-0.3, -0.25) is 0 Å². The molecular weight excluding hydrogens is 238 g/mol. The molecule has 0 unspecified atom stereocenters. The molecule has 19 heavy (non-hydrogen) atoms. The first-order valence-corrected chi connectivity index (χ1v) is 7.16. The summed E-state index contributed by atoms with van der Waals surface area (Å²) in [5.41, 5.74) is 8.69. The van der Waals surface area contributed by atoms with Gasteiger partial charge < -0.3 is 15.4 Å². The number of anilines is 1. The van der Waals surface area contributed by atoms with Gasteiger partial charge in [-0.15, -0.1) is 0 Å². The fourth-order valence-electron chi connectivity index (χ4n) is 3.19. The van der Waals surface area contributed by atoms with E-state index in [1.807, 2.05) is 18.2 Å². The normalized spacial score (nSPS) is 17.1. The van der Waals surface area contributed by atoms with Crippen molar-refractivity contribution in [2.24, 2.45) is 0 Å². The van der Waals surface area contributed by atoms with Crippen LogP contribution in [-0.2, 0) is 6.54 Å². The molecule has 1 aliphatic carbocycles. The van der Waals surface area contributed by atoms with Crippen molar-refractivity contribution in [3.05, 3.63) is 24.0 Å². The van der Waals surface area contributed by atoms with E-state index in [4.69, 9.17) is 10.7 Å². The van der Waals surface area contributed by atoms with E-state index >= 15 is 0 Å². The number of aliphatic hydroxyl groups excluding tert-OH is 1. The van der Waals surface area contributed by atoms with Crippen LogP contribution in [0.5, 0.6) is 0 Å². The van der Waals surface area contributed by atoms with E-state index in [0.717, 1.165) is 22.5 Å². The van der Waals surface area contributed by atoms with Crippen LogP contribution in [0.1, 0.15) is 43.8 Å². The largest absolute Gasteiger partial charge is 0.397 e. The van der Waals surface area contributed by atoms with Crippen LogP contribution in [0.25, 0.3) is 11.0 Å². The van der Waals surface area contributed by atoms with Gasteiger partial charge in [-0.1, -0.05) is 25.3 Å². The zero-order chi connectivity index (χ0) is 13.2. The number of fused-ring (bicyclic) bond motifs is 1. The highest BCUT2D eigenvalue weighted by Crippen LogP contribution is 2.34. The molecule has 0 bridgehead atoms. The molecule has 1 aromatic heterocycles. The Bertz CT molecular complexity index is 570. The Hall–Kier alpha value is -1.55. The van der Waals surface area contributed by atoms with Crippen molar-refractivity contribution in [3.63, 3.8) is 0 Å². The molecule has 0 saturated heterocycles. The number of nitrogen functional groups attached to an aromatic ring is 1. The standard InChI is InChI=1S/C15H21N3O/c16-12-7-4-8-13-14(12)17-15(18(13)9-10-19)11-5-2-1-3-6-11/h4,7-8,11,19H,1-3,5-6,9-10,16H2. The molecule has 1 aromatic carbocycles.